The summed E-state index contributed by atoms with van der Waals surface area (Å²) in [5.41, 5.74) is 2.38. The van der Waals surface area contributed by atoms with Crippen LogP contribution in [0.4, 0.5) is 5.13 Å². The fourth-order valence-electron chi connectivity index (χ4n) is 3.41. The number of anilines is 1. The Balaban J connectivity index is 1.41. The average Bonchev–Trinajstić information content (AvgIpc) is 3.27. The van der Waals surface area contributed by atoms with E-state index in [2.05, 4.69) is 21.4 Å². The van der Waals surface area contributed by atoms with Crippen LogP contribution in [0.1, 0.15) is 54.2 Å². The van der Waals surface area contributed by atoms with Crippen molar-refractivity contribution in [2.75, 3.05) is 5.32 Å². The second kappa shape index (κ2) is 6.40. The molecule has 120 valence electrons. The molecule has 2 aliphatic rings. The van der Waals surface area contributed by atoms with E-state index in [1.165, 1.54) is 41.8 Å². The van der Waals surface area contributed by atoms with Crippen LogP contribution in [-0.2, 0) is 17.6 Å². The molecular formula is C18H21N3OS. The summed E-state index contributed by atoms with van der Waals surface area (Å²) in [5, 5.41) is 3.84. The minimum Gasteiger partial charge on any atom is -0.302 e. The third-order valence-corrected chi connectivity index (χ3v) is 5.89. The highest BCUT2D eigenvalue weighted by atomic mass is 32.1. The van der Waals surface area contributed by atoms with Crippen molar-refractivity contribution in [2.24, 2.45) is 5.92 Å². The van der Waals surface area contributed by atoms with Gasteiger partial charge in [-0.25, -0.2) is 4.98 Å². The van der Waals surface area contributed by atoms with Crippen molar-refractivity contribution < 1.29 is 4.79 Å². The molecule has 23 heavy (non-hydrogen) atoms. The minimum atomic E-state index is 0.0747. The fourth-order valence-corrected chi connectivity index (χ4v) is 4.46. The molecule has 4 nitrogen and oxygen atoms in total. The molecule has 2 atom stereocenters. The van der Waals surface area contributed by atoms with Crippen molar-refractivity contribution in [1.82, 2.24) is 9.97 Å². The molecule has 2 aromatic heterocycles. The van der Waals surface area contributed by atoms with E-state index in [-0.39, 0.29) is 11.8 Å². The van der Waals surface area contributed by atoms with Gasteiger partial charge < -0.3 is 5.32 Å². The highest BCUT2D eigenvalue weighted by molar-refractivity contribution is 7.15. The van der Waals surface area contributed by atoms with Crippen molar-refractivity contribution in [3.05, 3.63) is 40.7 Å². The van der Waals surface area contributed by atoms with E-state index in [0.717, 1.165) is 24.4 Å². The second-order valence-corrected chi connectivity index (χ2v) is 7.61. The lowest BCUT2D eigenvalue weighted by atomic mass is 10.0. The van der Waals surface area contributed by atoms with Gasteiger partial charge in [0.1, 0.15) is 0 Å². The number of amides is 1. The van der Waals surface area contributed by atoms with E-state index in [0.29, 0.717) is 5.92 Å². The van der Waals surface area contributed by atoms with Gasteiger partial charge in [0.05, 0.1) is 5.69 Å². The largest absolute Gasteiger partial charge is 0.302 e. The first-order chi connectivity index (χ1) is 11.3. The summed E-state index contributed by atoms with van der Waals surface area (Å²) in [7, 11) is 0. The highest BCUT2D eigenvalue weighted by Gasteiger charge is 2.44. The lowest BCUT2D eigenvalue weighted by molar-refractivity contribution is -0.117. The third kappa shape index (κ3) is 3.29. The molecule has 1 fully saturated rings. The zero-order valence-electron chi connectivity index (χ0n) is 13.1. The molecule has 2 aromatic rings. The van der Waals surface area contributed by atoms with Gasteiger partial charge in [0.15, 0.2) is 5.13 Å². The second-order valence-electron chi connectivity index (χ2n) is 6.53. The van der Waals surface area contributed by atoms with Gasteiger partial charge in [0.2, 0.25) is 5.91 Å². The van der Waals surface area contributed by atoms with Crippen LogP contribution >= 0.6 is 11.3 Å². The Morgan fingerprint density at radius 2 is 2.09 bits per heavy atom. The molecule has 0 radical (unpaired) electrons. The number of carbonyl (C=O) groups is 1. The van der Waals surface area contributed by atoms with Gasteiger partial charge in [0, 0.05) is 23.2 Å². The Labute approximate surface area is 140 Å². The van der Waals surface area contributed by atoms with Crippen LogP contribution in [0.5, 0.6) is 0 Å². The number of nitrogens with one attached hydrogen (secondary N) is 1. The van der Waals surface area contributed by atoms with Crippen LogP contribution in [0, 0.1) is 5.92 Å². The molecule has 0 saturated heterocycles. The number of aromatic nitrogens is 2. The smallest absolute Gasteiger partial charge is 0.229 e. The topological polar surface area (TPSA) is 54.9 Å². The summed E-state index contributed by atoms with van der Waals surface area (Å²) in [6.07, 6.45) is 11.8. The molecule has 0 aliphatic heterocycles. The lowest BCUT2D eigenvalue weighted by Gasteiger charge is -2.06. The number of pyridine rings is 1. The van der Waals surface area contributed by atoms with E-state index in [1.807, 2.05) is 12.3 Å². The van der Waals surface area contributed by atoms with Crippen LogP contribution in [0.3, 0.4) is 0 Å². The van der Waals surface area contributed by atoms with Crippen LogP contribution in [0.25, 0.3) is 0 Å². The molecule has 2 aliphatic carbocycles. The molecule has 2 heterocycles. The molecule has 0 spiro atoms. The Morgan fingerprint density at radius 1 is 1.22 bits per heavy atom. The van der Waals surface area contributed by atoms with Crippen molar-refractivity contribution in [2.45, 2.75) is 50.9 Å². The van der Waals surface area contributed by atoms with E-state index < -0.39 is 0 Å². The van der Waals surface area contributed by atoms with E-state index in [9.17, 15) is 4.79 Å². The van der Waals surface area contributed by atoms with Gasteiger partial charge in [-0.1, -0.05) is 18.9 Å². The van der Waals surface area contributed by atoms with E-state index in [1.54, 1.807) is 17.5 Å². The first-order valence-corrected chi connectivity index (χ1v) is 9.32. The van der Waals surface area contributed by atoms with Crippen molar-refractivity contribution in [3.8, 4) is 0 Å². The summed E-state index contributed by atoms with van der Waals surface area (Å²) in [6.45, 7) is 0. The van der Waals surface area contributed by atoms with Gasteiger partial charge in [-0.3, -0.25) is 9.78 Å². The number of nitrogens with zero attached hydrogens (tertiary/aromatic N) is 2. The molecular weight excluding hydrogens is 306 g/mol. The highest BCUT2D eigenvalue weighted by Crippen LogP contribution is 2.47. The maximum Gasteiger partial charge on any atom is 0.229 e. The molecule has 0 bridgehead atoms. The Hall–Kier alpha value is -1.75. The van der Waals surface area contributed by atoms with Crippen LogP contribution < -0.4 is 5.32 Å². The number of carbonyl (C=O) groups excluding carboxylic acids is 1. The predicted molar refractivity (Wildman–Crippen MR) is 91.7 cm³/mol. The van der Waals surface area contributed by atoms with Crippen LogP contribution in [0.15, 0.2) is 24.5 Å². The summed E-state index contributed by atoms with van der Waals surface area (Å²) < 4.78 is 0. The summed E-state index contributed by atoms with van der Waals surface area (Å²) in [6, 6.07) is 3.99. The molecule has 4 rings (SSSR count). The molecule has 0 unspecified atom stereocenters. The monoisotopic (exact) mass is 327 g/mol. The van der Waals surface area contributed by atoms with Gasteiger partial charge in [-0.15, -0.1) is 11.3 Å². The number of thiazole rings is 1. The molecule has 1 N–H and O–H groups in total. The Bertz CT molecular complexity index is 672. The maximum atomic E-state index is 12.4. The first-order valence-electron chi connectivity index (χ1n) is 8.50. The van der Waals surface area contributed by atoms with Gasteiger partial charge in [-0.2, -0.15) is 0 Å². The maximum absolute atomic E-state index is 12.4. The van der Waals surface area contributed by atoms with Crippen LogP contribution in [0.2, 0.25) is 0 Å². The number of fused-ring (bicyclic) bond motifs is 1. The average molecular weight is 327 g/mol. The van der Waals surface area contributed by atoms with E-state index in [4.69, 9.17) is 0 Å². The quantitative estimate of drug-likeness (QED) is 0.929. The zero-order valence-corrected chi connectivity index (χ0v) is 13.9. The fraction of sp³-hybridized carbons (Fsp3) is 0.500. The molecule has 1 saturated carbocycles. The SMILES string of the molecule is O=C(Nc1nc2c(s1)CCCCCC2)[C@@H]1C[C@@H]1c1cccnc1. The van der Waals surface area contributed by atoms with E-state index >= 15 is 0 Å². The minimum absolute atomic E-state index is 0.0747. The zero-order chi connectivity index (χ0) is 15.6. The standard InChI is InChI=1S/C18H21N3OS/c22-17(14-10-13(14)12-6-5-9-19-11-12)21-18-20-15-7-3-1-2-4-8-16(15)23-18/h5-6,9,11,13-14H,1-4,7-8,10H2,(H,20,21,22)/t13-,14-/m1/s1. The van der Waals surface area contributed by atoms with Crippen molar-refractivity contribution in [3.63, 3.8) is 0 Å². The van der Waals surface area contributed by atoms with Gasteiger partial charge in [0.25, 0.3) is 0 Å². The molecule has 0 aromatic carbocycles. The molecule has 5 heteroatoms. The van der Waals surface area contributed by atoms with Gasteiger partial charge in [-0.05, 0) is 49.7 Å². The number of rotatable bonds is 3. The normalized spacial score (nSPS) is 23.5. The third-order valence-electron chi connectivity index (χ3n) is 4.82. The summed E-state index contributed by atoms with van der Waals surface area (Å²) >= 11 is 1.67. The molecule has 1 amide bonds. The first kappa shape index (κ1) is 14.8. The summed E-state index contributed by atoms with van der Waals surface area (Å²) in [5.74, 6) is 0.510. The van der Waals surface area contributed by atoms with Crippen molar-refractivity contribution in [1.29, 1.82) is 0 Å². The Kier molecular flexibility index (Phi) is 4.12. The van der Waals surface area contributed by atoms with Crippen molar-refractivity contribution >= 4 is 22.4 Å². The summed E-state index contributed by atoms with van der Waals surface area (Å²) in [4.78, 5) is 22.6. The van der Waals surface area contributed by atoms with Gasteiger partial charge >= 0.3 is 0 Å². The number of hydrogen-bond acceptors (Lipinski definition) is 4. The predicted octanol–water partition coefficient (Wildman–Crippen LogP) is 3.94. The number of aryl methyl sites for hydroxylation is 2. The lowest BCUT2D eigenvalue weighted by Crippen LogP contribution is -2.14. The van der Waals surface area contributed by atoms with Crippen LogP contribution in [-0.4, -0.2) is 15.9 Å². The Morgan fingerprint density at radius 3 is 2.91 bits per heavy atom. The number of hydrogen-bond donors (Lipinski definition) is 1.